The van der Waals surface area contributed by atoms with Crippen molar-refractivity contribution >= 4 is 65.4 Å². The Hall–Kier alpha value is -11.0. The van der Waals surface area contributed by atoms with Crippen LogP contribution in [0, 0.1) is 0 Å². The van der Waals surface area contributed by atoms with Crippen LogP contribution in [-0.4, -0.2) is 28.7 Å². The van der Waals surface area contributed by atoms with E-state index in [1.165, 1.54) is 127 Å². The van der Waals surface area contributed by atoms with Crippen molar-refractivity contribution in [3.8, 4) is 84.6 Å². The van der Waals surface area contributed by atoms with E-state index in [0.29, 0.717) is 17.5 Å². The van der Waals surface area contributed by atoms with Crippen molar-refractivity contribution in [1.82, 2.24) is 28.7 Å². The van der Waals surface area contributed by atoms with Gasteiger partial charge in [-0.2, -0.15) is 0 Å². The van der Waals surface area contributed by atoms with E-state index in [4.69, 9.17) is 15.0 Å². The van der Waals surface area contributed by atoms with E-state index in [0.717, 1.165) is 39.3 Å². The largest absolute Gasteiger partial charge is 0.309 e. The highest BCUT2D eigenvalue weighted by Gasteiger charge is 2.39. The van der Waals surface area contributed by atoms with Gasteiger partial charge in [-0.15, -0.1) is 0 Å². The van der Waals surface area contributed by atoms with Crippen molar-refractivity contribution in [3.63, 3.8) is 0 Å². The number of benzene rings is 12. The van der Waals surface area contributed by atoms with Crippen LogP contribution < -0.4 is 0 Å². The first-order valence-electron chi connectivity index (χ1n) is 31.5. The third-order valence-corrected chi connectivity index (χ3v) is 20.9. The highest BCUT2D eigenvalue weighted by Crippen LogP contribution is 2.54. The molecule has 90 heavy (non-hydrogen) atoms. The molecule has 0 amide bonds. The van der Waals surface area contributed by atoms with Gasteiger partial charge in [0.2, 0.25) is 0 Å². The van der Waals surface area contributed by atoms with Gasteiger partial charge in [-0.3, -0.25) is 0 Å². The standard InChI is InChI=1S/C84H60N6/c1-82(2)67-28-13-7-22-55(67)61-46-76-64(43-70(61)82)58-25-10-16-31-73(58)88(76)52-38-34-49(35-39-52)79-85-80(50-36-40-53(41-37-50)89-74-32-17-11-26-59(74)65-44-71-62(47-77(65)89)56-23-8-14-29-68(56)83(71,3)4)87-81(86-79)51-20-19-21-54(42-51)90-75-33-18-12-27-60(75)66-45-72-63(48-78(66)90)57-24-9-15-30-69(57)84(72,5)6/h7-48H,1-6H3. The van der Waals surface area contributed by atoms with Crippen LogP contribution in [0.4, 0.5) is 0 Å². The third-order valence-electron chi connectivity index (χ3n) is 20.9. The summed E-state index contributed by atoms with van der Waals surface area (Å²) in [5, 5.41) is 7.45. The zero-order valence-corrected chi connectivity index (χ0v) is 50.9. The van der Waals surface area contributed by atoms with Gasteiger partial charge in [0.15, 0.2) is 17.5 Å². The fourth-order valence-electron chi connectivity index (χ4n) is 16.4. The molecule has 3 aliphatic rings. The summed E-state index contributed by atoms with van der Waals surface area (Å²) in [6.45, 7) is 14.2. The number of hydrogen-bond donors (Lipinski definition) is 0. The number of nitrogens with zero attached hydrogens (tertiary/aromatic N) is 6. The van der Waals surface area contributed by atoms with Gasteiger partial charge in [0.1, 0.15) is 0 Å². The first kappa shape index (κ1) is 51.1. The summed E-state index contributed by atoms with van der Waals surface area (Å²) in [7, 11) is 0. The maximum atomic E-state index is 5.44. The first-order valence-corrected chi connectivity index (χ1v) is 31.5. The molecule has 19 rings (SSSR count). The Kier molecular flexibility index (Phi) is 10.3. The molecule has 4 heterocycles. The maximum absolute atomic E-state index is 5.44. The Balaban J connectivity index is 0.769. The number of aromatic nitrogens is 6. The molecule has 6 nitrogen and oxygen atoms in total. The Bertz CT molecular complexity index is 5560. The summed E-state index contributed by atoms with van der Waals surface area (Å²) in [4.78, 5) is 16.3. The zero-order valence-electron chi connectivity index (χ0n) is 50.9. The summed E-state index contributed by atoms with van der Waals surface area (Å²) in [5.74, 6) is 1.80. The summed E-state index contributed by atoms with van der Waals surface area (Å²) in [5.41, 5.74) is 28.6. The molecule has 0 spiro atoms. The van der Waals surface area contributed by atoms with E-state index in [-0.39, 0.29) is 16.2 Å². The summed E-state index contributed by atoms with van der Waals surface area (Å²) >= 11 is 0. The van der Waals surface area contributed by atoms with Crippen molar-refractivity contribution in [2.45, 2.75) is 57.8 Å². The highest BCUT2D eigenvalue weighted by molar-refractivity contribution is 6.14. The Morgan fingerprint density at radius 2 is 0.544 bits per heavy atom. The molecule has 0 radical (unpaired) electrons. The van der Waals surface area contributed by atoms with E-state index < -0.39 is 0 Å². The van der Waals surface area contributed by atoms with E-state index in [2.05, 4.69) is 310 Å². The van der Waals surface area contributed by atoms with Crippen LogP contribution in [0.3, 0.4) is 0 Å². The van der Waals surface area contributed by atoms with Gasteiger partial charge < -0.3 is 13.7 Å². The smallest absolute Gasteiger partial charge is 0.164 e. The molecular formula is C84H60N6. The first-order chi connectivity index (χ1) is 43.9. The van der Waals surface area contributed by atoms with Gasteiger partial charge in [-0.1, -0.05) is 181 Å². The lowest BCUT2D eigenvalue weighted by Crippen LogP contribution is -2.14. The van der Waals surface area contributed by atoms with E-state index in [1.807, 2.05) is 0 Å². The highest BCUT2D eigenvalue weighted by atomic mass is 15.0. The minimum absolute atomic E-state index is 0.106. The van der Waals surface area contributed by atoms with Crippen molar-refractivity contribution in [1.29, 1.82) is 0 Å². The maximum Gasteiger partial charge on any atom is 0.164 e. The predicted molar refractivity (Wildman–Crippen MR) is 372 cm³/mol. The lowest BCUT2D eigenvalue weighted by Gasteiger charge is -2.21. The number of hydrogen-bond acceptors (Lipinski definition) is 3. The van der Waals surface area contributed by atoms with E-state index in [9.17, 15) is 0 Å². The lowest BCUT2D eigenvalue weighted by atomic mass is 9.82. The average molecular weight is 1150 g/mol. The summed E-state index contributed by atoms with van der Waals surface area (Å²) in [6, 6.07) is 94.2. The van der Waals surface area contributed by atoms with Gasteiger partial charge >= 0.3 is 0 Å². The van der Waals surface area contributed by atoms with E-state index in [1.54, 1.807) is 0 Å². The molecule has 12 aromatic carbocycles. The van der Waals surface area contributed by atoms with Crippen LogP contribution in [0.15, 0.2) is 255 Å². The third kappa shape index (κ3) is 6.96. The zero-order chi connectivity index (χ0) is 60.1. The molecule has 0 saturated heterocycles. The molecule has 0 unspecified atom stereocenters. The summed E-state index contributed by atoms with van der Waals surface area (Å²) < 4.78 is 7.27. The van der Waals surface area contributed by atoms with Gasteiger partial charge in [0.25, 0.3) is 0 Å². The lowest BCUT2D eigenvalue weighted by molar-refractivity contribution is 0.661. The minimum Gasteiger partial charge on any atom is -0.309 e. The molecule has 426 valence electrons. The second-order valence-corrected chi connectivity index (χ2v) is 26.8. The van der Waals surface area contributed by atoms with E-state index >= 15 is 0 Å². The quantitative estimate of drug-likeness (QED) is 0.167. The van der Waals surface area contributed by atoms with Crippen LogP contribution in [0.1, 0.15) is 74.9 Å². The molecule has 6 heteroatoms. The molecule has 0 N–H and O–H groups in total. The number of fused-ring (bicyclic) bond motifs is 18. The van der Waals surface area contributed by atoms with Gasteiger partial charge in [-0.25, -0.2) is 15.0 Å². The monoisotopic (exact) mass is 1150 g/mol. The van der Waals surface area contributed by atoms with Gasteiger partial charge in [0.05, 0.1) is 33.1 Å². The molecule has 0 saturated carbocycles. The van der Waals surface area contributed by atoms with Crippen molar-refractivity contribution in [3.05, 3.63) is 288 Å². The molecule has 16 aromatic rings. The second-order valence-electron chi connectivity index (χ2n) is 26.8. The minimum atomic E-state index is -0.121. The van der Waals surface area contributed by atoms with Crippen LogP contribution in [-0.2, 0) is 16.2 Å². The Morgan fingerprint density at radius 3 is 0.922 bits per heavy atom. The molecule has 0 atom stereocenters. The fourth-order valence-corrected chi connectivity index (χ4v) is 16.4. The van der Waals surface area contributed by atoms with Crippen molar-refractivity contribution in [2.24, 2.45) is 0 Å². The average Bonchev–Trinajstić information content (AvgIpc) is 1.58. The van der Waals surface area contributed by atoms with Crippen molar-refractivity contribution in [2.75, 3.05) is 0 Å². The van der Waals surface area contributed by atoms with Gasteiger partial charge in [0, 0.05) is 82.3 Å². The normalized spacial score (nSPS) is 14.6. The fraction of sp³-hybridized carbons (Fsp3) is 0.107. The SMILES string of the molecule is CC1(C)c2ccccc2-c2cc3c(cc21)c1ccccc1n3-c1ccc(-c2nc(-c3ccc(-n4c5ccccc5c5cc6c(cc54)-c4ccccc4C6(C)C)cc3)nc(-c3cccc(-n4c5ccccc5c5cc6c(cc54)-c4ccccc4C6(C)C)c3)n2)cc1. The van der Waals surface area contributed by atoms with Crippen LogP contribution >= 0.6 is 0 Å². The van der Waals surface area contributed by atoms with Crippen LogP contribution in [0.25, 0.3) is 150 Å². The summed E-state index contributed by atoms with van der Waals surface area (Å²) in [6.07, 6.45) is 0. The van der Waals surface area contributed by atoms with Crippen LogP contribution in [0.5, 0.6) is 0 Å². The van der Waals surface area contributed by atoms with Gasteiger partial charge in [-0.05, 0) is 182 Å². The molecule has 0 fully saturated rings. The molecular weight excluding hydrogens is 1090 g/mol. The number of rotatable bonds is 6. The van der Waals surface area contributed by atoms with Crippen LogP contribution in [0.2, 0.25) is 0 Å². The molecule has 3 aliphatic carbocycles. The molecule has 0 bridgehead atoms. The molecule has 0 aliphatic heterocycles. The topological polar surface area (TPSA) is 53.5 Å². The molecule has 4 aromatic heterocycles. The number of para-hydroxylation sites is 3. The second kappa shape index (κ2) is 18.1. The Labute approximate surface area is 521 Å². The predicted octanol–water partition coefficient (Wildman–Crippen LogP) is 21.1. The Morgan fingerprint density at radius 1 is 0.222 bits per heavy atom. The van der Waals surface area contributed by atoms with Crippen molar-refractivity contribution < 1.29 is 0 Å².